The number of hydrogen-bond donors (Lipinski definition) is 1. The number of nitrogens with two attached hydrogens (primary N) is 1. The zero-order valence-electron chi connectivity index (χ0n) is 26.1. The van der Waals surface area contributed by atoms with Crippen molar-refractivity contribution in [3.8, 4) is 5.75 Å². The summed E-state index contributed by atoms with van der Waals surface area (Å²) in [6.45, 7) is 17.7. The second-order valence-electron chi connectivity index (χ2n) is 9.55. The number of likely N-dealkylation sites (N-methyl/N-ethyl adjacent to an activating group) is 2. The summed E-state index contributed by atoms with van der Waals surface area (Å²) in [5.74, 6) is 0.0672. The molecule has 41 heavy (non-hydrogen) atoms. The first-order valence-corrected chi connectivity index (χ1v) is 14.4. The van der Waals surface area contributed by atoms with Gasteiger partial charge in [-0.1, -0.05) is 42.6 Å². The Balaban J connectivity index is 3.52. The molecule has 0 atom stereocenters. The van der Waals surface area contributed by atoms with Gasteiger partial charge in [0.2, 0.25) is 0 Å². The Morgan fingerprint density at radius 3 is 2.22 bits per heavy atom. The first-order valence-electron chi connectivity index (χ1n) is 13.6. The molecule has 0 spiro atoms. The summed E-state index contributed by atoms with van der Waals surface area (Å²) in [7, 11) is 5.58. The largest absolute Gasteiger partial charge is 0.497 e. The van der Waals surface area contributed by atoms with Gasteiger partial charge in [0.05, 0.1) is 24.1 Å². The molecule has 1 aromatic rings. The molecule has 0 saturated carbocycles. The van der Waals surface area contributed by atoms with E-state index in [1.165, 1.54) is 11.8 Å². The Kier molecular flexibility index (Phi) is 15.5. The fourth-order valence-electron chi connectivity index (χ4n) is 3.79. The summed E-state index contributed by atoms with van der Waals surface area (Å²) in [5, 5.41) is 0. The van der Waals surface area contributed by atoms with Gasteiger partial charge in [0.15, 0.2) is 0 Å². The molecule has 0 bridgehead atoms. The van der Waals surface area contributed by atoms with Crippen molar-refractivity contribution >= 4 is 35.0 Å². The van der Waals surface area contributed by atoms with E-state index in [4.69, 9.17) is 15.5 Å². The first kappa shape index (κ1) is 35.4. The molecule has 0 saturated heterocycles. The number of carbonyl (C=O) groups is 2. The minimum absolute atomic E-state index is 0.00360. The molecule has 0 aromatic heterocycles. The van der Waals surface area contributed by atoms with E-state index in [2.05, 4.69) is 11.5 Å². The summed E-state index contributed by atoms with van der Waals surface area (Å²) < 4.78 is 5.35. The molecule has 1 rings (SSSR count). The minimum atomic E-state index is -0.585. The third kappa shape index (κ3) is 11.4. The molecule has 8 heteroatoms. The van der Waals surface area contributed by atoms with Crippen molar-refractivity contribution in [3.05, 3.63) is 93.3 Å². The van der Waals surface area contributed by atoms with Crippen LogP contribution < -0.4 is 10.5 Å². The zero-order valence-corrected chi connectivity index (χ0v) is 26.9. The molecule has 222 valence electrons. The molecule has 0 aliphatic carbocycles. The molecule has 1 aromatic carbocycles. The average Bonchev–Trinajstić information content (AvgIpc) is 2.93. The third-order valence-electron chi connectivity index (χ3n) is 6.07. The Hall–Kier alpha value is -3.62. The highest BCUT2D eigenvalue weighted by molar-refractivity contribution is 8.06. The standard InChI is InChI=1S/C33H46N4O3S/c1-11-25(33(39)37(14-4)19-18-36(8)9)20-24(7)41-28(12-2)22-30(23(5)6)31(29(13-3)32(34)38)35-26-16-15-17-27(21-26)40-10/h11-13,15-17,20-22H,5,14,18-19H2,1-4,6-10H3,(H2,34,38)/b24-20?,25-11?,28-12?,29-13+,30-22+,35-31?. The van der Waals surface area contributed by atoms with Gasteiger partial charge in [-0.2, -0.15) is 0 Å². The van der Waals surface area contributed by atoms with Crippen LogP contribution in [0, 0.1) is 0 Å². The lowest BCUT2D eigenvalue weighted by Crippen LogP contribution is -2.37. The lowest BCUT2D eigenvalue weighted by atomic mass is 9.96. The summed E-state index contributed by atoms with van der Waals surface area (Å²) in [5.41, 5.74) is 9.13. The van der Waals surface area contributed by atoms with Crippen LogP contribution in [-0.4, -0.2) is 68.2 Å². The van der Waals surface area contributed by atoms with Gasteiger partial charge < -0.3 is 20.3 Å². The highest BCUT2D eigenvalue weighted by Crippen LogP contribution is 2.31. The van der Waals surface area contributed by atoms with Gasteiger partial charge in [-0.3, -0.25) is 9.59 Å². The number of carbonyl (C=O) groups excluding carboxylic acids is 2. The van der Waals surface area contributed by atoms with Gasteiger partial charge in [-0.25, -0.2) is 4.99 Å². The van der Waals surface area contributed by atoms with Gasteiger partial charge in [-0.15, -0.1) is 0 Å². The molecule has 0 unspecified atom stereocenters. The van der Waals surface area contributed by atoms with Crippen LogP contribution in [0.2, 0.25) is 0 Å². The molecular formula is C33H46N4O3S. The molecule has 0 aliphatic rings. The van der Waals surface area contributed by atoms with Crippen LogP contribution in [-0.2, 0) is 9.59 Å². The predicted octanol–water partition coefficient (Wildman–Crippen LogP) is 6.60. The summed E-state index contributed by atoms with van der Waals surface area (Å²) in [6, 6.07) is 7.28. The first-order chi connectivity index (χ1) is 19.4. The van der Waals surface area contributed by atoms with Gasteiger partial charge in [0.1, 0.15) is 5.75 Å². The third-order valence-corrected chi connectivity index (χ3v) is 7.10. The number of nitrogens with zero attached hydrogens (tertiary/aromatic N) is 3. The van der Waals surface area contributed by atoms with Crippen molar-refractivity contribution < 1.29 is 14.3 Å². The van der Waals surface area contributed by atoms with Crippen molar-refractivity contribution in [2.75, 3.05) is 40.8 Å². The average molecular weight is 579 g/mol. The van der Waals surface area contributed by atoms with Crippen LogP contribution in [0.1, 0.15) is 41.5 Å². The monoisotopic (exact) mass is 578 g/mol. The molecular weight excluding hydrogens is 532 g/mol. The van der Waals surface area contributed by atoms with Crippen LogP contribution in [0.15, 0.2) is 98.3 Å². The van der Waals surface area contributed by atoms with Crippen molar-refractivity contribution in [2.24, 2.45) is 10.7 Å². The molecule has 7 nitrogen and oxygen atoms in total. The van der Waals surface area contributed by atoms with E-state index in [0.717, 1.165) is 21.9 Å². The highest BCUT2D eigenvalue weighted by Gasteiger charge is 2.19. The number of benzene rings is 1. The fourth-order valence-corrected chi connectivity index (χ4v) is 4.64. The summed E-state index contributed by atoms with van der Waals surface area (Å²) in [6.07, 6.45) is 9.34. The molecule has 0 heterocycles. The second kappa shape index (κ2) is 17.9. The lowest BCUT2D eigenvalue weighted by Gasteiger charge is -2.23. The molecule has 2 N–H and O–H groups in total. The van der Waals surface area contributed by atoms with E-state index in [1.807, 2.05) is 96.1 Å². The number of amides is 2. The van der Waals surface area contributed by atoms with Crippen LogP contribution in [0.3, 0.4) is 0 Å². The van der Waals surface area contributed by atoms with Crippen LogP contribution in [0.5, 0.6) is 5.75 Å². The second-order valence-corrected chi connectivity index (χ2v) is 10.9. The maximum Gasteiger partial charge on any atom is 0.253 e. The van der Waals surface area contributed by atoms with Crippen molar-refractivity contribution in [1.29, 1.82) is 0 Å². The van der Waals surface area contributed by atoms with E-state index in [-0.39, 0.29) is 11.5 Å². The van der Waals surface area contributed by atoms with E-state index in [0.29, 0.717) is 41.4 Å². The van der Waals surface area contributed by atoms with Gasteiger partial charge in [0, 0.05) is 41.8 Å². The fraction of sp³-hybridized carbons (Fsp3) is 0.364. The highest BCUT2D eigenvalue weighted by atomic mass is 32.2. The number of hydrogen-bond acceptors (Lipinski definition) is 6. The number of methoxy groups -OCH3 is 1. The number of aliphatic imine (C=N–C) groups is 1. The number of allylic oxidation sites excluding steroid dienone is 7. The quantitative estimate of drug-likeness (QED) is 0.144. The topological polar surface area (TPSA) is 88.2 Å². The van der Waals surface area contributed by atoms with Crippen molar-refractivity contribution in [2.45, 2.75) is 41.5 Å². The predicted molar refractivity (Wildman–Crippen MR) is 176 cm³/mol. The van der Waals surface area contributed by atoms with Crippen molar-refractivity contribution in [3.63, 3.8) is 0 Å². The van der Waals surface area contributed by atoms with Gasteiger partial charge in [0.25, 0.3) is 11.8 Å². The number of rotatable bonds is 15. The Morgan fingerprint density at radius 2 is 1.73 bits per heavy atom. The lowest BCUT2D eigenvalue weighted by molar-refractivity contribution is -0.126. The maximum absolute atomic E-state index is 13.2. The van der Waals surface area contributed by atoms with E-state index >= 15 is 0 Å². The van der Waals surface area contributed by atoms with Crippen LogP contribution >= 0.6 is 11.8 Å². The summed E-state index contributed by atoms with van der Waals surface area (Å²) >= 11 is 1.52. The number of thioether (sulfide) groups is 1. The number of ether oxygens (including phenoxy) is 1. The molecule has 0 fully saturated rings. The van der Waals surface area contributed by atoms with E-state index in [9.17, 15) is 9.59 Å². The zero-order chi connectivity index (χ0) is 31.1. The Labute approximate surface area is 250 Å². The number of primary amides is 1. The minimum Gasteiger partial charge on any atom is -0.497 e. The summed E-state index contributed by atoms with van der Waals surface area (Å²) in [4.78, 5) is 36.2. The molecule has 2 amide bonds. The van der Waals surface area contributed by atoms with Crippen LogP contribution in [0.25, 0.3) is 0 Å². The Bertz CT molecular complexity index is 1280. The maximum atomic E-state index is 13.2. The molecule has 0 aliphatic heterocycles. The van der Waals surface area contributed by atoms with Gasteiger partial charge in [-0.05, 0) is 90.4 Å². The SMILES string of the molecule is C=C(C)/C(=C\C(=CC)SC(C)=CC(=CC)C(=O)N(CC)CCN(C)C)C(=Nc1cccc(OC)c1)/C(=C\C)C(N)=O. The molecule has 0 radical (unpaired) electrons. The normalized spacial score (nSPS) is 13.9. The van der Waals surface area contributed by atoms with Crippen molar-refractivity contribution in [1.82, 2.24) is 9.80 Å². The van der Waals surface area contributed by atoms with Gasteiger partial charge >= 0.3 is 0 Å². The van der Waals surface area contributed by atoms with E-state index < -0.39 is 5.91 Å². The smallest absolute Gasteiger partial charge is 0.253 e. The van der Waals surface area contributed by atoms with E-state index in [1.54, 1.807) is 26.2 Å². The van der Waals surface area contributed by atoms with Crippen LogP contribution in [0.4, 0.5) is 5.69 Å². The Morgan fingerprint density at radius 1 is 1.05 bits per heavy atom.